The number of aryl methyl sites for hydroxylation is 1. The van der Waals surface area contributed by atoms with Crippen molar-refractivity contribution in [3.8, 4) is 5.69 Å². The smallest absolute Gasteiger partial charge is 0.274 e. The van der Waals surface area contributed by atoms with Crippen LogP contribution in [-0.4, -0.2) is 21.7 Å². The van der Waals surface area contributed by atoms with Crippen LogP contribution in [0.2, 0.25) is 10.2 Å². The van der Waals surface area contributed by atoms with Gasteiger partial charge >= 0.3 is 0 Å². The minimum absolute atomic E-state index is 0.132. The normalized spacial score (nSPS) is 11.0. The Hall–Kier alpha value is -2.63. The first-order valence-corrected chi connectivity index (χ1v) is 8.19. The quantitative estimate of drug-likeness (QED) is 0.422. The van der Waals surface area contributed by atoms with Crippen LogP contribution in [0.5, 0.6) is 0 Å². The minimum atomic E-state index is -0.425. The fraction of sp³-hybridized carbons (Fsp3) is 0.0556. The molecule has 25 heavy (non-hydrogen) atoms. The lowest BCUT2D eigenvalue weighted by Crippen LogP contribution is -2.18. The van der Waals surface area contributed by atoms with Crippen molar-refractivity contribution in [2.45, 2.75) is 6.92 Å². The molecule has 0 fully saturated rings. The summed E-state index contributed by atoms with van der Waals surface area (Å²) in [6, 6.07) is 12.8. The van der Waals surface area contributed by atoms with Crippen molar-refractivity contribution in [1.82, 2.24) is 15.0 Å². The summed E-state index contributed by atoms with van der Waals surface area (Å²) in [7, 11) is 0. The Morgan fingerprint density at radius 3 is 2.84 bits per heavy atom. The van der Waals surface area contributed by atoms with Gasteiger partial charge in [0.1, 0.15) is 5.15 Å². The SMILES string of the molecule is Cc1ccc(-n2cccc2C=NNC(=O)c2cccnc2Cl)cc1Cl. The second-order valence-electron chi connectivity index (χ2n) is 5.28. The highest BCUT2D eigenvalue weighted by atomic mass is 35.5. The van der Waals surface area contributed by atoms with Crippen LogP contribution in [-0.2, 0) is 0 Å². The van der Waals surface area contributed by atoms with Gasteiger partial charge in [0.15, 0.2) is 0 Å². The van der Waals surface area contributed by atoms with Gasteiger partial charge in [0.2, 0.25) is 0 Å². The van der Waals surface area contributed by atoms with Crippen molar-refractivity contribution < 1.29 is 4.79 Å². The monoisotopic (exact) mass is 372 g/mol. The predicted octanol–water partition coefficient (Wildman–Crippen LogP) is 4.25. The molecule has 2 aromatic heterocycles. The van der Waals surface area contributed by atoms with Crippen LogP contribution in [0.4, 0.5) is 0 Å². The molecule has 0 radical (unpaired) electrons. The number of hydrazone groups is 1. The van der Waals surface area contributed by atoms with Gasteiger partial charge in [0.25, 0.3) is 5.91 Å². The highest BCUT2D eigenvalue weighted by Crippen LogP contribution is 2.20. The van der Waals surface area contributed by atoms with E-state index in [0.717, 1.165) is 16.9 Å². The van der Waals surface area contributed by atoms with Gasteiger partial charge in [-0.25, -0.2) is 10.4 Å². The molecule has 3 aromatic rings. The van der Waals surface area contributed by atoms with E-state index in [-0.39, 0.29) is 10.7 Å². The van der Waals surface area contributed by atoms with Gasteiger partial charge in [0.05, 0.1) is 17.5 Å². The molecule has 0 aliphatic heterocycles. The van der Waals surface area contributed by atoms with E-state index >= 15 is 0 Å². The molecule has 0 unspecified atom stereocenters. The summed E-state index contributed by atoms with van der Waals surface area (Å²) in [5.74, 6) is -0.425. The first-order chi connectivity index (χ1) is 12.1. The summed E-state index contributed by atoms with van der Waals surface area (Å²) in [6.45, 7) is 1.95. The van der Waals surface area contributed by atoms with Crippen molar-refractivity contribution >= 4 is 35.3 Å². The van der Waals surface area contributed by atoms with Crippen LogP contribution in [0.1, 0.15) is 21.6 Å². The molecule has 7 heteroatoms. The largest absolute Gasteiger partial charge is 0.316 e. The second-order valence-corrected chi connectivity index (χ2v) is 6.04. The fourth-order valence-corrected chi connectivity index (χ4v) is 2.62. The summed E-state index contributed by atoms with van der Waals surface area (Å²) < 4.78 is 1.91. The molecule has 1 aromatic carbocycles. The lowest BCUT2D eigenvalue weighted by atomic mass is 10.2. The van der Waals surface area contributed by atoms with Gasteiger partial charge in [-0.1, -0.05) is 29.3 Å². The standard InChI is InChI=1S/C18H14Cl2N4O/c1-12-6-7-13(10-16(12)19)24-9-3-4-14(24)11-22-23-18(25)15-5-2-8-21-17(15)20/h2-11H,1H3,(H,23,25). The van der Waals surface area contributed by atoms with E-state index in [4.69, 9.17) is 23.2 Å². The van der Waals surface area contributed by atoms with Gasteiger partial charge in [-0.15, -0.1) is 0 Å². The van der Waals surface area contributed by atoms with Gasteiger partial charge < -0.3 is 4.57 Å². The maximum atomic E-state index is 12.1. The van der Waals surface area contributed by atoms with E-state index in [9.17, 15) is 4.79 Å². The average Bonchev–Trinajstić information content (AvgIpc) is 3.06. The van der Waals surface area contributed by atoms with Crippen LogP contribution < -0.4 is 5.43 Å². The topological polar surface area (TPSA) is 59.3 Å². The number of hydrogen-bond donors (Lipinski definition) is 1. The Bertz CT molecular complexity index is 950. The molecular formula is C18H14Cl2N4O. The third-order valence-electron chi connectivity index (χ3n) is 3.58. The number of amides is 1. The van der Waals surface area contributed by atoms with Gasteiger partial charge in [-0.2, -0.15) is 5.10 Å². The number of rotatable bonds is 4. The number of aromatic nitrogens is 2. The summed E-state index contributed by atoms with van der Waals surface area (Å²) in [5, 5.41) is 4.81. The number of halogens is 2. The summed E-state index contributed by atoms with van der Waals surface area (Å²) in [6.07, 6.45) is 4.96. The highest BCUT2D eigenvalue weighted by molar-refractivity contribution is 6.32. The molecule has 1 amide bonds. The number of benzene rings is 1. The lowest BCUT2D eigenvalue weighted by molar-refractivity contribution is 0.0955. The Balaban J connectivity index is 1.77. The zero-order valence-electron chi connectivity index (χ0n) is 13.3. The number of hydrogen-bond acceptors (Lipinski definition) is 3. The third kappa shape index (κ3) is 3.90. The van der Waals surface area contributed by atoms with Gasteiger partial charge in [-0.05, 0) is 48.9 Å². The Labute approximate surface area is 154 Å². The number of nitrogens with zero attached hydrogens (tertiary/aromatic N) is 3. The van der Waals surface area contributed by atoms with Crippen LogP contribution in [0, 0.1) is 6.92 Å². The summed E-state index contributed by atoms with van der Waals surface area (Å²) >= 11 is 12.1. The predicted molar refractivity (Wildman–Crippen MR) is 99.8 cm³/mol. The number of carbonyl (C=O) groups excluding carboxylic acids is 1. The molecular weight excluding hydrogens is 359 g/mol. The minimum Gasteiger partial charge on any atom is -0.316 e. The maximum absolute atomic E-state index is 12.1. The molecule has 0 atom stereocenters. The highest BCUT2D eigenvalue weighted by Gasteiger charge is 2.09. The first kappa shape index (κ1) is 17.2. The van der Waals surface area contributed by atoms with E-state index < -0.39 is 5.91 Å². The zero-order chi connectivity index (χ0) is 17.8. The van der Waals surface area contributed by atoms with E-state index in [1.54, 1.807) is 18.3 Å². The molecule has 0 spiro atoms. The van der Waals surface area contributed by atoms with Crippen LogP contribution in [0.25, 0.3) is 5.69 Å². The van der Waals surface area contributed by atoms with Crippen LogP contribution >= 0.6 is 23.2 Å². The van der Waals surface area contributed by atoms with E-state index in [1.807, 2.05) is 48.0 Å². The Morgan fingerprint density at radius 1 is 1.24 bits per heavy atom. The molecule has 2 heterocycles. The molecule has 0 saturated carbocycles. The van der Waals surface area contributed by atoms with E-state index in [2.05, 4.69) is 15.5 Å². The van der Waals surface area contributed by atoms with Gasteiger partial charge in [0, 0.05) is 23.1 Å². The Kier molecular flexibility index (Phi) is 5.16. The molecule has 0 bridgehead atoms. The zero-order valence-corrected chi connectivity index (χ0v) is 14.8. The van der Waals surface area contributed by atoms with Crippen LogP contribution in [0.15, 0.2) is 60.0 Å². The second kappa shape index (κ2) is 7.51. The molecule has 0 aliphatic carbocycles. The van der Waals surface area contributed by atoms with Crippen molar-refractivity contribution in [3.63, 3.8) is 0 Å². The molecule has 126 valence electrons. The summed E-state index contributed by atoms with van der Waals surface area (Å²) in [4.78, 5) is 15.9. The molecule has 0 aliphatic rings. The van der Waals surface area contributed by atoms with E-state index in [0.29, 0.717) is 5.02 Å². The first-order valence-electron chi connectivity index (χ1n) is 7.44. The average molecular weight is 373 g/mol. The van der Waals surface area contributed by atoms with Crippen molar-refractivity contribution in [2.75, 3.05) is 0 Å². The van der Waals surface area contributed by atoms with E-state index in [1.165, 1.54) is 6.20 Å². The third-order valence-corrected chi connectivity index (χ3v) is 4.29. The Morgan fingerprint density at radius 2 is 2.08 bits per heavy atom. The van der Waals surface area contributed by atoms with Crippen molar-refractivity contribution in [1.29, 1.82) is 0 Å². The van der Waals surface area contributed by atoms with Crippen molar-refractivity contribution in [3.05, 3.63) is 81.9 Å². The number of carbonyl (C=O) groups is 1. The molecule has 0 saturated heterocycles. The number of pyridine rings is 1. The molecule has 1 N–H and O–H groups in total. The lowest BCUT2D eigenvalue weighted by Gasteiger charge is -2.08. The summed E-state index contributed by atoms with van der Waals surface area (Å²) in [5.41, 5.74) is 5.41. The fourth-order valence-electron chi connectivity index (χ4n) is 2.24. The maximum Gasteiger partial charge on any atom is 0.274 e. The number of nitrogens with one attached hydrogen (secondary N) is 1. The molecule has 3 rings (SSSR count). The van der Waals surface area contributed by atoms with Gasteiger partial charge in [-0.3, -0.25) is 4.79 Å². The van der Waals surface area contributed by atoms with Crippen molar-refractivity contribution in [2.24, 2.45) is 5.10 Å². The molecule has 5 nitrogen and oxygen atoms in total. The van der Waals surface area contributed by atoms with Crippen LogP contribution in [0.3, 0.4) is 0 Å².